The number of carbonyl (C=O) groups is 3. The molecule has 0 aliphatic carbocycles. The number of fused-ring (bicyclic) bond motifs is 1. The molecule has 2 aromatic rings. The lowest BCUT2D eigenvalue weighted by Gasteiger charge is -2.45. The maximum atomic E-state index is 13.0. The van der Waals surface area contributed by atoms with E-state index >= 15 is 0 Å². The highest BCUT2D eigenvalue weighted by molar-refractivity contribution is 6.04. The maximum Gasteiger partial charge on any atom is 0.309 e. The van der Waals surface area contributed by atoms with Gasteiger partial charge in [-0.1, -0.05) is 18.2 Å². The zero-order valence-corrected chi connectivity index (χ0v) is 15.3. The molecule has 2 aliphatic heterocycles. The fourth-order valence-corrected chi connectivity index (χ4v) is 4.51. The van der Waals surface area contributed by atoms with Crippen LogP contribution in [0.15, 0.2) is 29.1 Å². The van der Waals surface area contributed by atoms with Crippen LogP contribution in [0.3, 0.4) is 0 Å². The van der Waals surface area contributed by atoms with Crippen molar-refractivity contribution in [2.45, 2.75) is 24.8 Å². The van der Waals surface area contributed by atoms with E-state index in [1.807, 2.05) is 0 Å². The minimum Gasteiger partial charge on any atom is -0.481 e. The number of nitrogens with one attached hydrogen (secondary N) is 1. The van der Waals surface area contributed by atoms with Crippen molar-refractivity contribution >= 4 is 28.6 Å². The van der Waals surface area contributed by atoms with Gasteiger partial charge in [-0.15, -0.1) is 0 Å². The number of aromatic amines is 1. The highest BCUT2D eigenvalue weighted by Gasteiger charge is 2.55. The smallest absolute Gasteiger partial charge is 0.309 e. The predicted molar refractivity (Wildman–Crippen MR) is 98.7 cm³/mol. The Morgan fingerprint density at radius 3 is 2.46 bits per heavy atom. The third-order valence-corrected chi connectivity index (χ3v) is 6.18. The molecule has 0 saturated carbocycles. The standard InChI is InChI=1S/C19H20N4O5/c1-22-14(24)10-13(18(27)28)19(22)6-8-23(9-7-19)17(26)15-11-4-2-3-5-12(11)16(25)21-20-15/h2-5,13H,6-10H2,1H3,(H,21,25)(H,27,28). The molecule has 1 spiro atoms. The van der Waals surface area contributed by atoms with E-state index in [0.29, 0.717) is 36.7 Å². The van der Waals surface area contributed by atoms with E-state index in [1.165, 1.54) is 0 Å². The number of hydrogen-bond acceptors (Lipinski definition) is 5. The number of rotatable bonds is 2. The summed E-state index contributed by atoms with van der Waals surface area (Å²) in [4.78, 5) is 51.9. The zero-order chi connectivity index (χ0) is 20.1. The van der Waals surface area contributed by atoms with E-state index in [4.69, 9.17) is 0 Å². The lowest BCUT2D eigenvalue weighted by Crippen LogP contribution is -2.57. The van der Waals surface area contributed by atoms with Crippen LogP contribution in [0, 0.1) is 5.92 Å². The number of likely N-dealkylation sites (tertiary alicyclic amines) is 2. The van der Waals surface area contributed by atoms with Crippen LogP contribution in [-0.2, 0) is 9.59 Å². The van der Waals surface area contributed by atoms with Gasteiger partial charge in [0.15, 0.2) is 5.69 Å². The number of aliphatic carboxylic acids is 1. The van der Waals surface area contributed by atoms with E-state index in [2.05, 4.69) is 10.2 Å². The first-order valence-corrected chi connectivity index (χ1v) is 9.11. The van der Waals surface area contributed by atoms with E-state index in [1.54, 1.807) is 41.1 Å². The van der Waals surface area contributed by atoms with Gasteiger partial charge in [0.25, 0.3) is 11.5 Å². The van der Waals surface area contributed by atoms with Gasteiger partial charge in [0.05, 0.1) is 16.8 Å². The molecule has 0 radical (unpaired) electrons. The summed E-state index contributed by atoms with van der Waals surface area (Å²) in [7, 11) is 1.64. The monoisotopic (exact) mass is 384 g/mol. The van der Waals surface area contributed by atoms with Crippen LogP contribution >= 0.6 is 0 Å². The van der Waals surface area contributed by atoms with Crippen molar-refractivity contribution in [1.82, 2.24) is 20.0 Å². The summed E-state index contributed by atoms with van der Waals surface area (Å²) in [5.41, 5.74) is -0.961. The molecular weight excluding hydrogens is 364 g/mol. The molecule has 2 N–H and O–H groups in total. The highest BCUT2D eigenvalue weighted by Crippen LogP contribution is 2.43. The summed E-state index contributed by atoms with van der Waals surface area (Å²) in [6.07, 6.45) is 0.768. The summed E-state index contributed by atoms with van der Waals surface area (Å²) >= 11 is 0. The predicted octanol–water partition coefficient (Wildman–Crippen LogP) is 0.461. The molecule has 1 aromatic heterocycles. The van der Waals surface area contributed by atoms with E-state index in [0.717, 1.165) is 0 Å². The second kappa shape index (κ2) is 6.43. The van der Waals surface area contributed by atoms with Gasteiger partial charge in [0.1, 0.15) is 0 Å². The van der Waals surface area contributed by atoms with E-state index < -0.39 is 17.4 Å². The Morgan fingerprint density at radius 2 is 1.82 bits per heavy atom. The minimum atomic E-state index is -0.981. The van der Waals surface area contributed by atoms with E-state index in [-0.39, 0.29) is 29.5 Å². The first-order valence-electron chi connectivity index (χ1n) is 9.11. The number of H-pyrrole nitrogens is 1. The number of hydrogen-bond donors (Lipinski definition) is 2. The van der Waals surface area contributed by atoms with Gasteiger partial charge in [-0.25, -0.2) is 5.10 Å². The number of carboxylic acid groups (broad SMARTS) is 1. The molecule has 2 aliphatic rings. The first-order chi connectivity index (χ1) is 13.3. The van der Waals surface area contributed by atoms with Crippen LogP contribution < -0.4 is 5.56 Å². The van der Waals surface area contributed by atoms with Crippen molar-refractivity contribution in [1.29, 1.82) is 0 Å². The molecule has 4 rings (SSSR count). The van der Waals surface area contributed by atoms with Crippen molar-refractivity contribution in [2.24, 2.45) is 5.92 Å². The lowest BCUT2D eigenvalue weighted by atomic mass is 9.77. The molecule has 1 atom stereocenters. The molecule has 0 bridgehead atoms. The normalized spacial score (nSPS) is 21.5. The van der Waals surface area contributed by atoms with Crippen LogP contribution in [0.5, 0.6) is 0 Å². The Balaban J connectivity index is 1.60. The molecule has 9 heteroatoms. The third-order valence-electron chi connectivity index (χ3n) is 6.18. The zero-order valence-electron chi connectivity index (χ0n) is 15.3. The van der Waals surface area contributed by atoms with Crippen molar-refractivity contribution in [3.05, 3.63) is 40.3 Å². The first kappa shape index (κ1) is 18.1. The molecule has 28 heavy (non-hydrogen) atoms. The molecule has 2 fully saturated rings. The number of piperidine rings is 1. The molecule has 2 saturated heterocycles. The van der Waals surface area contributed by atoms with Gasteiger partial charge in [-0.3, -0.25) is 19.2 Å². The van der Waals surface area contributed by atoms with Crippen molar-refractivity contribution in [2.75, 3.05) is 20.1 Å². The number of amides is 2. The summed E-state index contributed by atoms with van der Waals surface area (Å²) in [6, 6.07) is 6.77. The topological polar surface area (TPSA) is 124 Å². The van der Waals surface area contributed by atoms with Crippen LogP contribution in [0.25, 0.3) is 10.8 Å². The molecular formula is C19H20N4O5. The second-order valence-electron chi connectivity index (χ2n) is 7.39. The quantitative estimate of drug-likeness (QED) is 0.775. The minimum absolute atomic E-state index is 0.00804. The average molecular weight is 384 g/mol. The molecule has 146 valence electrons. The van der Waals surface area contributed by atoms with Crippen LogP contribution in [0.4, 0.5) is 0 Å². The summed E-state index contributed by atoms with van der Waals surface area (Å²) in [5, 5.41) is 16.7. The Hall–Kier alpha value is -3.23. The largest absolute Gasteiger partial charge is 0.481 e. The highest BCUT2D eigenvalue weighted by atomic mass is 16.4. The lowest BCUT2D eigenvalue weighted by molar-refractivity contribution is -0.145. The Kier molecular flexibility index (Phi) is 4.17. The Morgan fingerprint density at radius 1 is 1.18 bits per heavy atom. The fourth-order valence-electron chi connectivity index (χ4n) is 4.51. The van der Waals surface area contributed by atoms with Crippen molar-refractivity contribution in [3.63, 3.8) is 0 Å². The SMILES string of the molecule is CN1C(=O)CC(C(=O)O)C12CCN(C(=O)c1n[nH]c(=O)c3ccccc13)CC2. The van der Waals surface area contributed by atoms with Gasteiger partial charge >= 0.3 is 5.97 Å². The second-order valence-corrected chi connectivity index (χ2v) is 7.39. The third kappa shape index (κ3) is 2.57. The molecule has 9 nitrogen and oxygen atoms in total. The summed E-state index contributed by atoms with van der Waals surface area (Å²) < 4.78 is 0. The summed E-state index contributed by atoms with van der Waals surface area (Å²) in [5.74, 6) is -2.25. The van der Waals surface area contributed by atoms with Gasteiger partial charge in [0, 0.05) is 31.9 Å². The summed E-state index contributed by atoms with van der Waals surface area (Å²) in [6.45, 7) is 0.630. The number of aromatic nitrogens is 2. The average Bonchev–Trinajstić information content (AvgIpc) is 2.94. The van der Waals surface area contributed by atoms with Gasteiger partial charge in [0.2, 0.25) is 5.91 Å². The number of carbonyl (C=O) groups excluding carboxylic acids is 2. The van der Waals surface area contributed by atoms with Gasteiger partial charge in [-0.05, 0) is 18.9 Å². The van der Waals surface area contributed by atoms with Gasteiger partial charge < -0.3 is 14.9 Å². The Bertz CT molecular complexity index is 1040. The van der Waals surface area contributed by atoms with Crippen LogP contribution in [0.1, 0.15) is 29.8 Å². The molecule has 3 heterocycles. The van der Waals surface area contributed by atoms with Gasteiger partial charge in [-0.2, -0.15) is 5.10 Å². The number of benzene rings is 1. The van der Waals surface area contributed by atoms with Crippen LogP contribution in [0.2, 0.25) is 0 Å². The number of nitrogens with zero attached hydrogens (tertiary/aromatic N) is 3. The molecule has 2 amide bonds. The van der Waals surface area contributed by atoms with Crippen molar-refractivity contribution < 1.29 is 19.5 Å². The number of carboxylic acids is 1. The van der Waals surface area contributed by atoms with E-state index in [9.17, 15) is 24.3 Å². The maximum absolute atomic E-state index is 13.0. The molecule has 1 unspecified atom stereocenters. The molecule has 1 aromatic carbocycles. The van der Waals surface area contributed by atoms with Crippen LogP contribution in [-0.4, -0.2) is 68.6 Å². The Labute approximate surface area is 159 Å². The fraction of sp³-hybridized carbons (Fsp3) is 0.421. The van der Waals surface area contributed by atoms with Crippen molar-refractivity contribution in [3.8, 4) is 0 Å².